The van der Waals surface area contributed by atoms with E-state index in [-0.39, 0.29) is 0 Å². The molecule has 0 aliphatic heterocycles. The highest BCUT2D eigenvalue weighted by molar-refractivity contribution is 9.08. The molecular weight excluding hydrogens is 336 g/mol. The summed E-state index contributed by atoms with van der Waals surface area (Å²) in [5.74, 6) is 0.430. The molecule has 0 bridgehead atoms. The van der Waals surface area contributed by atoms with Gasteiger partial charge in [0.15, 0.2) is 0 Å². The van der Waals surface area contributed by atoms with E-state index in [9.17, 15) is 4.21 Å². The van der Waals surface area contributed by atoms with Gasteiger partial charge in [-0.1, -0.05) is 44.0 Å². The summed E-state index contributed by atoms with van der Waals surface area (Å²) >= 11 is 4.30. The van der Waals surface area contributed by atoms with Crippen molar-refractivity contribution in [3.63, 3.8) is 0 Å². The van der Waals surface area contributed by atoms with Gasteiger partial charge in [0.1, 0.15) is 5.75 Å². The molecule has 0 radical (unpaired) electrons. The zero-order valence-corrected chi connectivity index (χ0v) is 11.1. The van der Waals surface area contributed by atoms with Gasteiger partial charge >= 0.3 is 11.4 Å². The molecule has 1 N–H and O–H groups in total. The molecule has 1 unspecified atom stereocenters. The lowest BCUT2D eigenvalue weighted by Gasteiger charge is -2.06. The molecule has 14 heavy (non-hydrogen) atoms. The Labute approximate surface area is 102 Å². The van der Waals surface area contributed by atoms with Crippen LogP contribution in [0.3, 0.4) is 0 Å². The lowest BCUT2D eigenvalue weighted by atomic mass is 10.1. The second-order valence-corrected chi connectivity index (χ2v) is 4.23. The summed E-state index contributed by atoms with van der Waals surface area (Å²) in [5, 5.41) is 1.27. The normalized spacial score (nSPS) is 12.5. The van der Waals surface area contributed by atoms with Gasteiger partial charge in [0.25, 0.3) is 0 Å². The summed E-state index contributed by atoms with van der Waals surface area (Å²) in [6.07, 6.45) is 0. The Morgan fingerprint density at radius 2 is 2.07 bits per heavy atom. The highest BCUT2D eigenvalue weighted by atomic mass is 79.9. The van der Waals surface area contributed by atoms with Crippen LogP contribution in [0.2, 0.25) is 0 Å². The van der Waals surface area contributed by atoms with E-state index in [1.165, 1.54) is 0 Å². The van der Waals surface area contributed by atoms with Crippen LogP contribution in [0.5, 0.6) is 5.75 Å². The van der Waals surface area contributed by atoms with Crippen LogP contribution in [0.4, 0.5) is 0 Å². The molecule has 0 amide bonds. The van der Waals surface area contributed by atoms with Crippen LogP contribution in [0, 0.1) is 0 Å². The second-order valence-electron chi connectivity index (χ2n) is 2.51. The Hall–Kier alpha value is 0.0900. The molecule has 1 aromatic carbocycles. The quantitative estimate of drug-likeness (QED) is 0.675. The fourth-order valence-corrected chi connectivity index (χ4v) is 2.07. The molecule has 0 saturated heterocycles. The number of alkyl halides is 2. The monoisotopic (exact) mass is 342 g/mol. The Morgan fingerprint density at radius 3 is 2.57 bits per heavy atom. The van der Waals surface area contributed by atoms with E-state index in [4.69, 9.17) is 8.74 Å². The third-order valence-corrected chi connectivity index (χ3v) is 3.16. The maximum Gasteiger partial charge on any atom is 0.357 e. The summed E-state index contributed by atoms with van der Waals surface area (Å²) in [6.45, 7) is 0. The highest BCUT2D eigenvalue weighted by Gasteiger charge is 2.06. The topological polar surface area (TPSA) is 46.5 Å². The predicted octanol–water partition coefficient (Wildman–Crippen LogP) is 2.99. The lowest BCUT2D eigenvalue weighted by molar-refractivity contribution is 0.456. The average Bonchev–Trinajstić information content (AvgIpc) is 2.16. The molecule has 0 spiro atoms. The van der Waals surface area contributed by atoms with E-state index < -0.39 is 11.4 Å². The first-order chi connectivity index (χ1) is 6.67. The molecule has 0 aromatic heterocycles. The minimum absolute atomic E-state index is 0.430. The molecular formula is C8H8Br2O3S. The van der Waals surface area contributed by atoms with E-state index in [1.807, 2.05) is 12.1 Å². The van der Waals surface area contributed by atoms with Crippen LogP contribution >= 0.6 is 31.9 Å². The smallest absolute Gasteiger partial charge is 0.357 e. The minimum Gasteiger partial charge on any atom is -0.380 e. The molecule has 6 heteroatoms. The van der Waals surface area contributed by atoms with Gasteiger partial charge in [-0.05, 0) is 11.6 Å². The summed E-state index contributed by atoms with van der Waals surface area (Å²) in [4.78, 5) is 0. The summed E-state index contributed by atoms with van der Waals surface area (Å²) < 4.78 is 23.9. The standard InChI is InChI=1S/C8H8Br2O3S/c9-4-6-1-2-7(5-10)8(3-6)13-14(11)12/h1-3H,4-5H2,(H,11,12). The molecule has 0 saturated carbocycles. The number of halogens is 2. The maximum absolute atomic E-state index is 10.5. The van der Waals surface area contributed by atoms with Crippen LogP contribution in [0.1, 0.15) is 11.1 Å². The van der Waals surface area contributed by atoms with Crippen LogP contribution in [-0.2, 0) is 22.0 Å². The second kappa shape index (κ2) is 5.85. The van der Waals surface area contributed by atoms with Crippen molar-refractivity contribution in [3.05, 3.63) is 29.3 Å². The van der Waals surface area contributed by atoms with Crippen molar-refractivity contribution < 1.29 is 12.9 Å². The van der Waals surface area contributed by atoms with Crippen molar-refractivity contribution in [2.24, 2.45) is 0 Å². The molecule has 0 aliphatic rings. The Kier molecular flexibility index (Phi) is 5.08. The Balaban J connectivity index is 3.01. The van der Waals surface area contributed by atoms with Crippen LogP contribution in [0.25, 0.3) is 0 Å². The van der Waals surface area contributed by atoms with E-state index in [2.05, 4.69) is 31.9 Å². The zero-order valence-electron chi connectivity index (χ0n) is 7.07. The van der Waals surface area contributed by atoms with Gasteiger partial charge in [-0.25, -0.2) is 0 Å². The average molecular weight is 344 g/mol. The first-order valence-electron chi connectivity index (χ1n) is 3.70. The molecule has 3 nitrogen and oxygen atoms in total. The summed E-state index contributed by atoms with van der Waals surface area (Å²) in [5.41, 5.74) is 1.84. The van der Waals surface area contributed by atoms with E-state index >= 15 is 0 Å². The largest absolute Gasteiger partial charge is 0.380 e. The van der Waals surface area contributed by atoms with Gasteiger partial charge < -0.3 is 4.18 Å². The van der Waals surface area contributed by atoms with Crippen LogP contribution in [-0.4, -0.2) is 8.76 Å². The summed E-state index contributed by atoms with van der Waals surface area (Å²) in [6, 6.07) is 5.52. The number of hydrogen-bond donors (Lipinski definition) is 1. The Morgan fingerprint density at radius 1 is 1.36 bits per heavy atom. The van der Waals surface area contributed by atoms with Crippen molar-refractivity contribution in [2.75, 3.05) is 0 Å². The fourth-order valence-electron chi connectivity index (χ4n) is 0.947. The van der Waals surface area contributed by atoms with Crippen molar-refractivity contribution in [3.8, 4) is 5.75 Å². The first kappa shape index (κ1) is 12.2. The molecule has 0 aliphatic carbocycles. The highest BCUT2D eigenvalue weighted by Crippen LogP contribution is 2.24. The van der Waals surface area contributed by atoms with Crippen LogP contribution in [0.15, 0.2) is 18.2 Å². The van der Waals surface area contributed by atoms with Gasteiger partial charge in [0.05, 0.1) is 0 Å². The van der Waals surface area contributed by atoms with Gasteiger partial charge in [-0.15, -0.1) is 0 Å². The fraction of sp³-hybridized carbons (Fsp3) is 0.250. The van der Waals surface area contributed by atoms with Crippen molar-refractivity contribution >= 4 is 43.2 Å². The number of benzene rings is 1. The van der Waals surface area contributed by atoms with Crippen LogP contribution < -0.4 is 4.18 Å². The SMILES string of the molecule is O=S(O)Oc1cc(CBr)ccc1CBr. The third-order valence-electron chi connectivity index (χ3n) is 1.59. The third kappa shape index (κ3) is 3.34. The predicted molar refractivity (Wildman–Crippen MR) is 63.1 cm³/mol. The van der Waals surface area contributed by atoms with Gasteiger partial charge in [0, 0.05) is 16.2 Å². The molecule has 1 atom stereocenters. The van der Waals surface area contributed by atoms with Crippen molar-refractivity contribution in [1.29, 1.82) is 0 Å². The van der Waals surface area contributed by atoms with E-state index in [1.54, 1.807) is 6.07 Å². The van der Waals surface area contributed by atoms with E-state index in [0.717, 1.165) is 11.1 Å². The molecule has 1 aromatic rings. The van der Waals surface area contributed by atoms with Gasteiger partial charge in [0.2, 0.25) is 0 Å². The van der Waals surface area contributed by atoms with E-state index in [0.29, 0.717) is 16.4 Å². The van der Waals surface area contributed by atoms with Gasteiger partial charge in [-0.2, -0.15) is 4.21 Å². The van der Waals surface area contributed by atoms with Crippen molar-refractivity contribution in [1.82, 2.24) is 0 Å². The molecule has 1 rings (SSSR count). The number of hydrogen-bond acceptors (Lipinski definition) is 2. The zero-order chi connectivity index (χ0) is 10.6. The lowest BCUT2D eigenvalue weighted by Crippen LogP contribution is -2.00. The Bertz CT molecular complexity index is 343. The maximum atomic E-state index is 10.5. The number of rotatable bonds is 4. The van der Waals surface area contributed by atoms with Gasteiger partial charge in [-0.3, -0.25) is 4.55 Å². The minimum atomic E-state index is -2.27. The first-order valence-corrected chi connectivity index (χ1v) is 6.97. The molecule has 0 heterocycles. The van der Waals surface area contributed by atoms with Crippen molar-refractivity contribution in [2.45, 2.75) is 10.7 Å². The molecule has 78 valence electrons. The molecule has 0 fully saturated rings. The summed E-state index contributed by atoms with van der Waals surface area (Å²) in [7, 11) is 0.